The minimum absolute atomic E-state index is 0.164. The molecule has 2 aromatic carbocycles. The number of hydrogen-bond donors (Lipinski definition) is 2. The molecule has 29 heavy (non-hydrogen) atoms. The first kappa shape index (κ1) is 22.7. The standard InChI is InChI=1S/C23H30N2O3S/c1-5-17(4)28-19-12-10-18(11-13-19)24-23(29)25-22(26)20-8-6-7-9-21(20)27-15-14-16(2)3/h6-13,16-17H,5,14-15H2,1-4H3,(H2,24,25,26,29). The number of para-hydroxylation sites is 1. The van der Waals surface area contributed by atoms with Gasteiger partial charge in [0.15, 0.2) is 5.11 Å². The van der Waals surface area contributed by atoms with Gasteiger partial charge in [-0.25, -0.2) is 0 Å². The fraction of sp³-hybridized carbons (Fsp3) is 0.391. The Balaban J connectivity index is 1.93. The summed E-state index contributed by atoms with van der Waals surface area (Å²) >= 11 is 5.28. The topological polar surface area (TPSA) is 59.6 Å². The molecule has 0 spiro atoms. The second kappa shape index (κ2) is 11.4. The molecule has 0 heterocycles. The summed E-state index contributed by atoms with van der Waals surface area (Å²) < 4.78 is 11.5. The van der Waals surface area contributed by atoms with Crippen LogP contribution in [0.1, 0.15) is 50.9 Å². The zero-order chi connectivity index (χ0) is 21.2. The van der Waals surface area contributed by atoms with Gasteiger partial charge >= 0.3 is 0 Å². The highest BCUT2D eigenvalue weighted by Crippen LogP contribution is 2.20. The maximum absolute atomic E-state index is 12.6. The normalized spacial score (nSPS) is 11.6. The summed E-state index contributed by atoms with van der Waals surface area (Å²) in [6.45, 7) is 8.94. The highest BCUT2D eigenvalue weighted by Gasteiger charge is 2.14. The molecule has 0 aliphatic carbocycles. The molecule has 0 aliphatic heterocycles. The molecule has 0 fully saturated rings. The van der Waals surface area contributed by atoms with Gasteiger partial charge in [-0.3, -0.25) is 10.1 Å². The van der Waals surface area contributed by atoms with E-state index in [9.17, 15) is 4.79 Å². The van der Waals surface area contributed by atoms with Gasteiger partial charge in [0.2, 0.25) is 0 Å². The van der Waals surface area contributed by atoms with E-state index in [0.717, 1.165) is 24.3 Å². The molecular weight excluding hydrogens is 384 g/mol. The lowest BCUT2D eigenvalue weighted by molar-refractivity contribution is 0.0973. The van der Waals surface area contributed by atoms with Gasteiger partial charge in [0, 0.05) is 5.69 Å². The number of ether oxygens (including phenoxy) is 2. The molecule has 2 N–H and O–H groups in total. The first-order valence-electron chi connectivity index (χ1n) is 10.00. The van der Waals surface area contributed by atoms with Crippen LogP contribution in [0.4, 0.5) is 5.69 Å². The molecule has 0 bridgehead atoms. The van der Waals surface area contributed by atoms with Crippen molar-refractivity contribution in [2.24, 2.45) is 5.92 Å². The molecule has 2 aromatic rings. The van der Waals surface area contributed by atoms with Gasteiger partial charge < -0.3 is 14.8 Å². The second-order valence-electron chi connectivity index (χ2n) is 7.30. The third-order valence-corrected chi connectivity index (χ3v) is 4.54. The molecule has 1 amide bonds. The smallest absolute Gasteiger partial charge is 0.261 e. The predicted octanol–water partition coefficient (Wildman–Crippen LogP) is 5.42. The Morgan fingerprint density at radius 3 is 2.41 bits per heavy atom. The van der Waals surface area contributed by atoms with Gasteiger partial charge in [-0.2, -0.15) is 0 Å². The fourth-order valence-electron chi connectivity index (χ4n) is 2.45. The Bertz CT molecular complexity index is 806. The minimum Gasteiger partial charge on any atom is -0.493 e. The predicted molar refractivity (Wildman–Crippen MR) is 122 cm³/mol. The van der Waals surface area contributed by atoms with Gasteiger partial charge in [0.25, 0.3) is 5.91 Å². The van der Waals surface area contributed by atoms with Gasteiger partial charge in [-0.15, -0.1) is 0 Å². The van der Waals surface area contributed by atoms with Crippen molar-refractivity contribution in [3.05, 3.63) is 54.1 Å². The monoisotopic (exact) mass is 414 g/mol. The van der Waals surface area contributed by atoms with Crippen LogP contribution >= 0.6 is 12.2 Å². The molecule has 0 aliphatic rings. The molecule has 2 rings (SSSR count). The molecule has 0 saturated heterocycles. The van der Waals surface area contributed by atoms with Crippen LogP contribution in [-0.4, -0.2) is 23.7 Å². The van der Waals surface area contributed by atoms with Crippen LogP contribution in [0.25, 0.3) is 0 Å². The second-order valence-corrected chi connectivity index (χ2v) is 7.70. The van der Waals surface area contributed by atoms with Crippen molar-refractivity contribution in [3.8, 4) is 11.5 Å². The van der Waals surface area contributed by atoms with E-state index in [-0.39, 0.29) is 17.1 Å². The molecule has 156 valence electrons. The van der Waals surface area contributed by atoms with Crippen LogP contribution in [0.15, 0.2) is 48.5 Å². The van der Waals surface area contributed by atoms with Crippen LogP contribution < -0.4 is 20.1 Å². The van der Waals surface area contributed by atoms with Crippen LogP contribution in [0.3, 0.4) is 0 Å². The summed E-state index contributed by atoms with van der Waals surface area (Å²) in [7, 11) is 0. The lowest BCUT2D eigenvalue weighted by atomic mass is 10.1. The first-order chi connectivity index (χ1) is 13.9. The van der Waals surface area contributed by atoms with Crippen molar-refractivity contribution >= 4 is 28.9 Å². The Hall–Kier alpha value is -2.60. The van der Waals surface area contributed by atoms with Crippen molar-refractivity contribution in [1.82, 2.24) is 5.32 Å². The number of nitrogens with one attached hydrogen (secondary N) is 2. The summed E-state index contributed by atoms with van der Waals surface area (Å²) in [6, 6.07) is 14.6. The van der Waals surface area contributed by atoms with E-state index in [1.165, 1.54) is 0 Å². The number of carbonyl (C=O) groups excluding carboxylic acids is 1. The molecule has 6 heteroatoms. The third kappa shape index (κ3) is 7.74. The average molecular weight is 415 g/mol. The maximum Gasteiger partial charge on any atom is 0.261 e. The fourth-order valence-corrected chi connectivity index (χ4v) is 2.66. The Labute approximate surface area is 178 Å². The highest BCUT2D eigenvalue weighted by molar-refractivity contribution is 7.80. The van der Waals surface area contributed by atoms with E-state index in [4.69, 9.17) is 21.7 Å². The van der Waals surface area contributed by atoms with Gasteiger partial charge in [0.05, 0.1) is 18.3 Å². The van der Waals surface area contributed by atoms with Crippen molar-refractivity contribution in [2.75, 3.05) is 11.9 Å². The molecule has 1 unspecified atom stereocenters. The van der Waals surface area contributed by atoms with Crippen molar-refractivity contribution < 1.29 is 14.3 Å². The number of thiocarbonyl (C=S) groups is 1. The molecule has 0 saturated carbocycles. The maximum atomic E-state index is 12.6. The largest absolute Gasteiger partial charge is 0.493 e. The van der Waals surface area contributed by atoms with E-state index in [2.05, 4.69) is 31.4 Å². The summed E-state index contributed by atoms with van der Waals surface area (Å²) in [5, 5.41) is 5.95. The van der Waals surface area contributed by atoms with Gasteiger partial charge in [-0.1, -0.05) is 32.9 Å². The average Bonchev–Trinajstić information content (AvgIpc) is 2.69. The zero-order valence-electron chi connectivity index (χ0n) is 17.5. The summed E-state index contributed by atoms with van der Waals surface area (Å²) in [5.74, 6) is 1.58. The Kier molecular flexibility index (Phi) is 8.93. The quantitative estimate of drug-likeness (QED) is 0.537. The van der Waals surface area contributed by atoms with Gasteiger partial charge in [-0.05, 0) is 74.3 Å². The lowest BCUT2D eigenvalue weighted by Crippen LogP contribution is -2.34. The van der Waals surface area contributed by atoms with Crippen LogP contribution in [-0.2, 0) is 0 Å². The van der Waals surface area contributed by atoms with E-state index < -0.39 is 0 Å². The van der Waals surface area contributed by atoms with Crippen molar-refractivity contribution in [1.29, 1.82) is 0 Å². The van der Waals surface area contributed by atoms with Crippen LogP contribution in [0.5, 0.6) is 11.5 Å². The van der Waals surface area contributed by atoms with E-state index in [1.54, 1.807) is 18.2 Å². The minimum atomic E-state index is -0.306. The Morgan fingerprint density at radius 2 is 1.76 bits per heavy atom. The first-order valence-corrected chi connectivity index (χ1v) is 10.4. The number of amides is 1. The van der Waals surface area contributed by atoms with Gasteiger partial charge in [0.1, 0.15) is 11.5 Å². The van der Waals surface area contributed by atoms with E-state index >= 15 is 0 Å². The third-order valence-electron chi connectivity index (χ3n) is 4.34. The van der Waals surface area contributed by atoms with Crippen LogP contribution in [0.2, 0.25) is 0 Å². The lowest BCUT2D eigenvalue weighted by Gasteiger charge is -2.15. The molecule has 0 radical (unpaired) electrons. The molecule has 1 atom stereocenters. The Morgan fingerprint density at radius 1 is 1.07 bits per heavy atom. The molecule has 0 aromatic heterocycles. The van der Waals surface area contributed by atoms with E-state index in [0.29, 0.717) is 23.8 Å². The molecule has 5 nitrogen and oxygen atoms in total. The highest BCUT2D eigenvalue weighted by atomic mass is 32.1. The number of anilines is 1. The van der Waals surface area contributed by atoms with Crippen molar-refractivity contribution in [3.63, 3.8) is 0 Å². The van der Waals surface area contributed by atoms with E-state index in [1.807, 2.05) is 37.3 Å². The summed E-state index contributed by atoms with van der Waals surface area (Å²) in [4.78, 5) is 12.6. The number of hydrogen-bond acceptors (Lipinski definition) is 4. The van der Waals surface area contributed by atoms with Crippen molar-refractivity contribution in [2.45, 2.75) is 46.6 Å². The number of rotatable bonds is 9. The number of benzene rings is 2. The zero-order valence-corrected chi connectivity index (χ0v) is 18.3. The van der Waals surface area contributed by atoms with Crippen LogP contribution in [0, 0.1) is 5.92 Å². The molecular formula is C23H30N2O3S. The summed E-state index contributed by atoms with van der Waals surface area (Å²) in [5.41, 5.74) is 1.23. The summed E-state index contributed by atoms with van der Waals surface area (Å²) in [6.07, 6.45) is 2.03. The SMILES string of the molecule is CCC(C)Oc1ccc(NC(=S)NC(=O)c2ccccc2OCCC(C)C)cc1. The number of carbonyl (C=O) groups is 1.